The Morgan fingerprint density at radius 1 is 1.31 bits per heavy atom. The molecule has 1 aromatic carbocycles. The third-order valence-electron chi connectivity index (χ3n) is 4.43. The molecular formula is C17H28ClN3O4S. The van der Waals surface area contributed by atoms with Crippen molar-refractivity contribution >= 4 is 28.3 Å². The van der Waals surface area contributed by atoms with Gasteiger partial charge < -0.3 is 15.8 Å². The number of benzene rings is 1. The summed E-state index contributed by atoms with van der Waals surface area (Å²) in [6, 6.07) is 6.24. The van der Waals surface area contributed by atoms with Crippen LogP contribution < -0.4 is 15.8 Å². The van der Waals surface area contributed by atoms with Crippen LogP contribution in [0, 0.1) is 5.92 Å². The molecule has 4 N–H and O–H groups in total. The second kappa shape index (κ2) is 10.2. The van der Waals surface area contributed by atoms with E-state index in [2.05, 4.69) is 10.0 Å². The highest BCUT2D eigenvalue weighted by atomic mass is 35.5. The number of carbonyl (C=O) groups excluding carboxylic acids is 1. The Kier molecular flexibility index (Phi) is 8.99. The molecule has 3 atom stereocenters. The first-order chi connectivity index (χ1) is 11.8. The predicted octanol–water partition coefficient (Wildman–Crippen LogP) is 1.17. The third kappa shape index (κ3) is 6.51. The molecule has 1 aromatic rings. The summed E-state index contributed by atoms with van der Waals surface area (Å²) in [5, 5.41) is 2.80. The highest BCUT2D eigenvalue weighted by Crippen LogP contribution is 2.14. The van der Waals surface area contributed by atoms with Crippen LogP contribution in [0.5, 0.6) is 0 Å². The number of halogens is 1. The summed E-state index contributed by atoms with van der Waals surface area (Å²) in [7, 11) is -3.55. The zero-order valence-electron chi connectivity index (χ0n) is 15.1. The van der Waals surface area contributed by atoms with Crippen molar-refractivity contribution in [2.75, 3.05) is 13.2 Å². The Labute approximate surface area is 161 Å². The van der Waals surface area contributed by atoms with E-state index in [9.17, 15) is 13.2 Å². The van der Waals surface area contributed by atoms with E-state index in [1.54, 1.807) is 26.0 Å². The van der Waals surface area contributed by atoms with Gasteiger partial charge in [0, 0.05) is 31.7 Å². The Hall–Kier alpha value is -1.19. The SMILES string of the molecule is CC(N)C(C)C(=O)NCc1ccc(S(=O)(=O)NCC2CCCO2)cc1.Cl. The van der Waals surface area contributed by atoms with Crippen molar-refractivity contribution in [3.8, 4) is 0 Å². The van der Waals surface area contributed by atoms with E-state index in [-0.39, 0.29) is 47.8 Å². The summed E-state index contributed by atoms with van der Waals surface area (Å²) in [5.74, 6) is -0.397. The molecule has 7 nitrogen and oxygen atoms in total. The van der Waals surface area contributed by atoms with Crippen molar-refractivity contribution in [1.82, 2.24) is 10.0 Å². The predicted molar refractivity (Wildman–Crippen MR) is 103 cm³/mol. The van der Waals surface area contributed by atoms with Gasteiger partial charge in [-0.25, -0.2) is 13.1 Å². The minimum atomic E-state index is -3.55. The Morgan fingerprint density at radius 2 is 1.96 bits per heavy atom. The summed E-state index contributed by atoms with van der Waals surface area (Å²) < 4.78 is 32.6. The van der Waals surface area contributed by atoms with Gasteiger partial charge in [-0.1, -0.05) is 19.1 Å². The lowest BCUT2D eigenvalue weighted by Gasteiger charge is -2.15. The van der Waals surface area contributed by atoms with Crippen LogP contribution in [-0.4, -0.2) is 39.6 Å². The van der Waals surface area contributed by atoms with Crippen LogP contribution in [-0.2, 0) is 26.1 Å². The number of carbonyl (C=O) groups is 1. The molecule has 1 heterocycles. The van der Waals surface area contributed by atoms with E-state index in [1.807, 2.05) is 0 Å². The molecule has 1 fully saturated rings. The number of sulfonamides is 1. The van der Waals surface area contributed by atoms with Crippen molar-refractivity contribution in [2.45, 2.75) is 50.3 Å². The van der Waals surface area contributed by atoms with Crippen molar-refractivity contribution < 1.29 is 17.9 Å². The monoisotopic (exact) mass is 405 g/mol. The highest BCUT2D eigenvalue weighted by Gasteiger charge is 2.20. The quantitative estimate of drug-likeness (QED) is 0.601. The van der Waals surface area contributed by atoms with Gasteiger partial charge in [0.1, 0.15) is 0 Å². The lowest BCUT2D eigenvalue weighted by molar-refractivity contribution is -0.125. The van der Waals surface area contributed by atoms with Gasteiger partial charge >= 0.3 is 0 Å². The van der Waals surface area contributed by atoms with Crippen LogP contribution in [0.2, 0.25) is 0 Å². The van der Waals surface area contributed by atoms with Gasteiger partial charge in [-0.05, 0) is 37.5 Å². The van der Waals surface area contributed by atoms with E-state index >= 15 is 0 Å². The molecule has 1 aliphatic rings. The molecule has 1 amide bonds. The molecule has 148 valence electrons. The van der Waals surface area contributed by atoms with E-state index in [4.69, 9.17) is 10.5 Å². The molecule has 26 heavy (non-hydrogen) atoms. The lowest BCUT2D eigenvalue weighted by atomic mass is 10.0. The smallest absolute Gasteiger partial charge is 0.240 e. The Morgan fingerprint density at radius 3 is 2.50 bits per heavy atom. The maximum atomic E-state index is 12.3. The third-order valence-corrected chi connectivity index (χ3v) is 5.87. The van der Waals surface area contributed by atoms with Crippen LogP contribution in [0.15, 0.2) is 29.2 Å². The fourth-order valence-corrected chi connectivity index (χ4v) is 3.53. The zero-order valence-corrected chi connectivity index (χ0v) is 16.7. The summed E-state index contributed by atoms with van der Waals surface area (Å²) in [6.45, 7) is 4.87. The normalized spacial score (nSPS) is 19.4. The highest BCUT2D eigenvalue weighted by molar-refractivity contribution is 7.89. The molecule has 0 bridgehead atoms. The van der Waals surface area contributed by atoms with Gasteiger partial charge in [-0.15, -0.1) is 12.4 Å². The number of hydrogen-bond donors (Lipinski definition) is 3. The largest absolute Gasteiger partial charge is 0.377 e. The second-order valence-electron chi connectivity index (χ2n) is 6.50. The Balaban J connectivity index is 0.00000338. The van der Waals surface area contributed by atoms with Gasteiger partial charge in [-0.2, -0.15) is 0 Å². The maximum absolute atomic E-state index is 12.3. The summed E-state index contributed by atoms with van der Waals surface area (Å²) >= 11 is 0. The van der Waals surface area contributed by atoms with Crippen LogP contribution in [0.25, 0.3) is 0 Å². The number of hydrogen-bond acceptors (Lipinski definition) is 5. The molecule has 3 unspecified atom stereocenters. The van der Waals surface area contributed by atoms with Crippen LogP contribution >= 0.6 is 12.4 Å². The van der Waals surface area contributed by atoms with Crippen LogP contribution in [0.3, 0.4) is 0 Å². The molecule has 0 spiro atoms. The first kappa shape index (κ1) is 22.9. The van der Waals surface area contributed by atoms with Crippen molar-refractivity contribution in [1.29, 1.82) is 0 Å². The van der Waals surface area contributed by atoms with Gasteiger partial charge in [0.15, 0.2) is 0 Å². The average Bonchev–Trinajstić information content (AvgIpc) is 3.11. The number of nitrogens with two attached hydrogens (primary N) is 1. The van der Waals surface area contributed by atoms with Crippen LogP contribution in [0.1, 0.15) is 32.3 Å². The fourth-order valence-electron chi connectivity index (χ4n) is 2.47. The van der Waals surface area contributed by atoms with Crippen molar-refractivity contribution in [3.05, 3.63) is 29.8 Å². The molecule has 0 radical (unpaired) electrons. The summed E-state index contributed by atoms with van der Waals surface area (Å²) in [6.07, 6.45) is 1.80. The molecule has 0 aliphatic carbocycles. The van der Waals surface area contributed by atoms with Crippen LogP contribution in [0.4, 0.5) is 0 Å². The minimum Gasteiger partial charge on any atom is -0.377 e. The number of rotatable bonds is 8. The fraction of sp³-hybridized carbons (Fsp3) is 0.588. The molecule has 1 aliphatic heterocycles. The van der Waals surface area contributed by atoms with Crippen molar-refractivity contribution in [3.63, 3.8) is 0 Å². The van der Waals surface area contributed by atoms with E-state index in [0.717, 1.165) is 18.4 Å². The number of nitrogens with one attached hydrogen (secondary N) is 2. The summed E-state index contributed by atoms with van der Waals surface area (Å²) in [4.78, 5) is 12.1. The standard InChI is InChI=1S/C17H27N3O4S.ClH/c1-12(13(2)18)17(21)19-10-14-5-7-16(8-6-14)25(22,23)20-11-15-4-3-9-24-15;/h5-8,12-13,15,20H,3-4,9-11,18H2,1-2H3,(H,19,21);1H. The molecule has 1 saturated heterocycles. The zero-order chi connectivity index (χ0) is 18.4. The Bertz CT molecular complexity index is 674. The minimum absolute atomic E-state index is 0. The van der Waals surface area contributed by atoms with Gasteiger partial charge in [0.25, 0.3) is 0 Å². The van der Waals surface area contributed by atoms with E-state index in [1.165, 1.54) is 12.1 Å². The van der Waals surface area contributed by atoms with Gasteiger partial charge in [0.2, 0.25) is 15.9 Å². The van der Waals surface area contributed by atoms with Crippen molar-refractivity contribution in [2.24, 2.45) is 11.7 Å². The van der Waals surface area contributed by atoms with Gasteiger partial charge in [-0.3, -0.25) is 4.79 Å². The molecule has 0 saturated carbocycles. The lowest BCUT2D eigenvalue weighted by Crippen LogP contribution is -2.38. The van der Waals surface area contributed by atoms with Gasteiger partial charge in [0.05, 0.1) is 11.0 Å². The first-order valence-electron chi connectivity index (χ1n) is 8.53. The first-order valence-corrected chi connectivity index (χ1v) is 10.0. The second-order valence-corrected chi connectivity index (χ2v) is 8.26. The number of ether oxygens (including phenoxy) is 1. The maximum Gasteiger partial charge on any atom is 0.240 e. The average molecular weight is 406 g/mol. The van der Waals surface area contributed by atoms with E-state index < -0.39 is 10.0 Å². The molecule has 2 rings (SSSR count). The summed E-state index contributed by atoms with van der Waals surface area (Å²) in [5.41, 5.74) is 6.53. The molecule has 9 heteroatoms. The molecule has 0 aromatic heterocycles. The topological polar surface area (TPSA) is 111 Å². The van der Waals surface area contributed by atoms with E-state index in [0.29, 0.717) is 13.2 Å². The molecular weight excluding hydrogens is 378 g/mol. The number of amides is 1.